The number of benzene rings is 1. The van der Waals surface area contributed by atoms with Gasteiger partial charge in [-0.1, -0.05) is 12.1 Å². The fourth-order valence-corrected chi connectivity index (χ4v) is 3.20. The first kappa shape index (κ1) is 14.1. The van der Waals surface area contributed by atoms with Crippen LogP contribution in [0.15, 0.2) is 24.3 Å². The molecule has 3 rings (SSSR count). The number of nitrogens with zero attached hydrogens (tertiary/aromatic N) is 2. The first-order chi connectivity index (χ1) is 10.2. The molecule has 0 saturated heterocycles. The van der Waals surface area contributed by atoms with Crippen LogP contribution in [0.4, 0.5) is 0 Å². The highest BCUT2D eigenvalue weighted by atomic mass is 16.5. The topological polar surface area (TPSA) is 39.1 Å². The van der Waals surface area contributed by atoms with Crippen molar-refractivity contribution in [2.45, 2.75) is 45.9 Å². The highest BCUT2D eigenvalue weighted by molar-refractivity contribution is 5.45. The van der Waals surface area contributed by atoms with E-state index in [2.05, 4.69) is 41.6 Å². The zero-order valence-corrected chi connectivity index (χ0v) is 13.0. The number of hydrogen-bond donors (Lipinski definition) is 1. The fourth-order valence-electron chi connectivity index (χ4n) is 3.20. The summed E-state index contributed by atoms with van der Waals surface area (Å²) >= 11 is 0. The lowest BCUT2D eigenvalue weighted by Crippen LogP contribution is -2.12. The van der Waals surface area contributed by atoms with Gasteiger partial charge in [-0.2, -0.15) is 5.10 Å². The molecule has 0 amide bonds. The highest BCUT2D eigenvalue weighted by Gasteiger charge is 2.23. The van der Waals surface area contributed by atoms with E-state index in [4.69, 9.17) is 4.74 Å². The van der Waals surface area contributed by atoms with Crippen LogP contribution in [0, 0.1) is 6.92 Å². The molecule has 1 unspecified atom stereocenters. The standard InChI is InChI=1S/C17H23N3O/c1-4-20-13(10-12(2)19-20)11-21-17-7-5-6-14-15(17)8-9-16(14)18-3/h5-7,10,16,18H,4,8-9,11H2,1-3H3. The summed E-state index contributed by atoms with van der Waals surface area (Å²) in [5.41, 5.74) is 4.92. The lowest BCUT2D eigenvalue weighted by Gasteiger charge is -2.13. The highest BCUT2D eigenvalue weighted by Crippen LogP contribution is 2.36. The third-order valence-electron chi connectivity index (χ3n) is 4.24. The summed E-state index contributed by atoms with van der Waals surface area (Å²) < 4.78 is 8.10. The summed E-state index contributed by atoms with van der Waals surface area (Å²) in [6.45, 7) is 5.58. The number of ether oxygens (including phenoxy) is 1. The van der Waals surface area contributed by atoms with E-state index in [9.17, 15) is 0 Å². The fraction of sp³-hybridized carbons (Fsp3) is 0.471. The monoisotopic (exact) mass is 285 g/mol. The second-order valence-corrected chi connectivity index (χ2v) is 5.59. The zero-order chi connectivity index (χ0) is 14.8. The number of rotatable bonds is 5. The molecule has 0 aliphatic heterocycles. The average molecular weight is 285 g/mol. The second-order valence-electron chi connectivity index (χ2n) is 5.59. The molecule has 2 aromatic rings. The van der Waals surface area contributed by atoms with Gasteiger partial charge in [0.1, 0.15) is 12.4 Å². The van der Waals surface area contributed by atoms with Gasteiger partial charge in [0.25, 0.3) is 0 Å². The molecule has 0 radical (unpaired) electrons. The van der Waals surface area contributed by atoms with E-state index < -0.39 is 0 Å². The van der Waals surface area contributed by atoms with Crippen molar-refractivity contribution >= 4 is 0 Å². The van der Waals surface area contributed by atoms with E-state index in [-0.39, 0.29) is 0 Å². The number of fused-ring (bicyclic) bond motifs is 1. The lowest BCUT2D eigenvalue weighted by atomic mass is 10.1. The quantitative estimate of drug-likeness (QED) is 0.918. The number of hydrogen-bond acceptors (Lipinski definition) is 3. The van der Waals surface area contributed by atoms with Crippen molar-refractivity contribution in [3.05, 3.63) is 46.8 Å². The zero-order valence-electron chi connectivity index (χ0n) is 13.0. The minimum atomic E-state index is 0.465. The molecular weight excluding hydrogens is 262 g/mol. The van der Waals surface area contributed by atoms with Gasteiger partial charge in [0, 0.05) is 12.6 Å². The van der Waals surface area contributed by atoms with Crippen LogP contribution in [0.5, 0.6) is 5.75 Å². The van der Waals surface area contributed by atoms with E-state index >= 15 is 0 Å². The Balaban J connectivity index is 1.79. The molecule has 4 nitrogen and oxygen atoms in total. The van der Waals surface area contributed by atoms with Crippen molar-refractivity contribution in [2.24, 2.45) is 0 Å². The second kappa shape index (κ2) is 5.90. The number of aromatic nitrogens is 2. The Morgan fingerprint density at radius 3 is 3.05 bits per heavy atom. The first-order valence-corrected chi connectivity index (χ1v) is 7.68. The lowest BCUT2D eigenvalue weighted by molar-refractivity contribution is 0.290. The molecule has 1 aliphatic carbocycles. The predicted molar refractivity (Wildman–Crippen MR) is 83.5 cm³/mol. The predicted octanol–water partition coefficient (Wildman–Crippen LogP) is 3.00. The van der Waals surface area contributed by atoms with Gasteiger partial charge in [0.05, 0.1) is 11.4 Å². The summed E-state index contributed by atoms with van der Waals surface area (Å²) in [7, 11) is 2.02. The average Bonchev–Trinajstić information content (AvgIpc) is 3.08. The molecule has 21 heavy (non-hydrogen) atoms. The van der Waals surface area contributed by atoms with Gasteiger partial charge in [-0.3, -0.25) is 4.68 Å². The molecule has 1 N–H and O–H groups in total. The van der Waals surface area contributed by atoms with E-state index in [1.807, 2.05) is 18.7 Å². The van der Waals surface area contributed by atoms with Gasteiger partial charge in [-0.25, -0.2) is 0 Å². The van der Waals surface area contributed by atoms with Crippen molar-refractivity contribution in [1.29, 1.82) is 0 Å². The van der Waals surface area contributed by atoms with Crippen molar-refractivity contribution in [2.75, 3.05) is 7.05 Å². The van der Waals surface area contributed by atoms with Crippen LogP contribution < -0.4 is 10.1 Å². The molecule has 4 heteroatoms. The Morgan fingerprint density at radius 1 is 1.43 bits per heavy atom. The van der Waals surface area contributed by atoms with Crippen LogP contribution in [0.1, 0.15) is 41.9 Å². The molecule has 0 fully saturated rings. The minimum absolute atomic E-state index is 0.465. The third-order valence-corrected chi connectivity index (χ3v) is 4.24. The molecule has 1 aliphatic rings. The van der Waals surface area contributed by atoms with Gasteiger partial charge >= 0.3 is 0 Å². The maximum atomic E-state index is 6.09. The van der Waals surface area contributed by atoms with Crippen LogP contribution in [0.3, 0.4) is 0 Å². The van der Waals surface area contributed by atoms with E-state index in [0.29, 0.717) is 12.6 Å². The third kappa shape index (κ3) is 2.68. The van der Waals surface area contributed by atoms with Gasteiger partial charge < -0.3 is 10.1 Å². The molecule has 0 spiro atoms. The molecule has 1 aromatic carbocycles. The van der Waals surface area contributed by atoms with Crippen LogP contribution in [0.25, 0.3) is 0 Å². The maximum absolute atomic E-state index is 6.09. The Hall–Kier alpha value is -1.81. The van der Waals surface area contributed by atoms with E-state index in [0.717, 1.165) is 36.5 Å². The smallest absolute Gasteiger partial charge is 0.130 e. The summed E-state index contributed by atoms with van der Waals surface area (Å²) in [6.07, 6.45) is 2.24. The SMILES string of the molecule is CCn1nc(C)cc1COc1cccc2c1CCC2NC. The number of nitrogens with one attached hydrogen (secondary N) is 1. The van der Waals surface area contributed by atoms with Crippen LogP contribution in [-0.4, -0.2) is 16.8 Å². The summed E-state index contributed by atoms with van der Waals surface area (Å²) in [4.78, 5) is 0. The van der Waals surface area contributed by atoms with E-state index in [1.165, 1.54) is 11.1 Å². The molecule has 112 valence electrons. The van der Waals surface area contributed by atoms with Crippen molar-refractivity contribution in [3.63, 3.8) is 0 Å². The number of aryl methyl sites for hydroxylation is 2. The largest absolute Gasteiger partial charge is 0.487 e. The van der Waals surface area contributed by atoms with Gasteiger partial charge in [-0.05, 0) is 57.0 Å². The maximum Gasteiger partial charge on any atom is 0.130 e. The van der Waals surface area contributed by atoms with Crippen molar-refractivity contribution in [3.8, 4) is 5.75 Å². The van der Waals surface area contributed by atoms with E-state index in [1.54, 1.807) is 0 Å². The molecule has 1 atom stereocenters. The van der Waals surface area contributed by atoms with Gasteiger partial charge in [0.2, 0.25) is 0 Å². The van der Waals surface area contributed by atoms with Crippen LogP contribution >= 0.6 is 0 Å². The van der Waals surface area contributed by atoms with Gasteiger partial charge in [-0.15, -0.1) is 0 Å². The van der Waals surface area contributed by atoms with Gasteiger partial charge in [0.15, 0.2) is 0 Å². The minimum Gasteiger partial charge on any atom is -0.487 e. The molecule has 0 bridgehead atoms. The summed E-state index contributed by atoms with van der Waals surface area (Å²) in [5, 5.41) is 7.84. The molecule has 0 saturated carbocycles. The Labute approximate surface area is 126 Å². The van der Waals surface area contributed by atoms with Crippen molar-refractivity contribution in [1.82, 2.24) is 15.1 Å². The molecular formula is C17H23N3O. The van der Waals surface area contributed by atoms with Crippen molar-refractivity contribution < 1.29 is 4.74 Å². The molecule has 1 heterocycles. The van der Waals surface area contributed by atoms with Crippen LogP contribution in [-0.2, 0) is 19.6 Å². The first-order valence-electron chi connectivity index (χ1n) is 7.68. The Morgan fingerprint density at radius 2 is 2.29 bits per heavy atom. The summed E-state index contributed by atoms with van der Waals surface area (Å²) in [5.74, 6) is 1.02. The summed E-state index contributed by atoms with van der Waals surface area (Å²) in [6, 6.07) is 8.94. The normalized spacial score (nSPS) is 17.0. The molecule has 1 aromatic heterocycles. The van der Waals surface area contributed by atoms with Crippen LogP contribution in [0.2, 0.25) is 0 Å². The Bertz CT molecular complexity index is 633. The Kier molecular flexibility index (Phi) is 3.97.